The SMILES string of the molecule is COCCn1c(CN2CCC(c3cccc(OCc4ccc(Cl)cc4F)n3)CC2)nc2cc(C(=O)NCc3ccc(O)c(C(=O)OC)c3)ccc21. The molecule has 1 aliphatic rings. The molecule has 0 unspecified atom stereocenters. The second-order valence-corrected chi connectivity index (χ2v) is 12.8. The number of benzene rings is 3. The van der Waals surface area contributed by atoms with Gasteiger partial charge in [0.05, 0.1) is 31.3 Å². The second-order valence-electron chi connectivity index (χ2n) is 12.4. The smallest absolute Gasteiger partial charge is 0.341 e. The predicted molar refractivity (Wildman–Crippen MR) is 189 cm³/mol. The van der Waals surface area contributed by atoms with Crippen molar-refractivity contribution < 1.29 is 33.3 Å². The third-order valence-electron chi connectivity index (χ3n) is 9.03. The molecular formula is C38H39ClFN5O6. The van der Waals surface area contributed by atoms with E-state index >= 15 is 0 Å². The van der Waals surface area contributed by atoms with E-state index in [9.17, 15) is 19.1 Å². The molecule has 1 amide bonds. The zero-order valence-electron chi connectivity index (χ0n) is 28.4. The molecule has 11 nitrogen and oxygen atoms in total. The van der Waals surface area contributed by atoms with E-state index in [4.69, 9.17) is 35.8 Å². The van der Waals surface area contributed by atoms with Crippen LogP contribution in [0.15, 0.2) is 72.8 Å². The molecule has 266 valence electrons. The summed E-state index contributed by atoms with van der Waals surface area (Å²) in [6, 6.07) is 20.2. The van der Waals surface area contributed by atoms with Gasteiger partial charge >= 0.3 is 5.97 Å². The van der Waals surface area contributed by atoms with E-state index in [0.29, 0.717) is 52.8 Å². The number of phenolic OH excluding ortho intramolecular Hbond substituents is 1. The number of halogens is 2. The highest BCUT2D eigenvalue weighted by Crippen LogP contribution is 2.30. The molecule has 2 aromatic heterocycles. The summed E-state index contributed by atoms with van der Waals surface area (Å²) in [4.78, 5) is 37.1. The average Bonchev–Trinajstić information content (AvgIpc) is 3.48. The van der Waals surface area contributed by atoms with Crippen molar-refractivity contribution in [2.24, 2.45) is 0 Å². The maximum atomic E-state index is 14.2. The first-order valence-electron chi connectivity index (χ1n) is 16.6. The summed E-state index contributed by atoms with van der Waals surface area (Å²) >= 11 is 5.87. The third kappa shape index (κ3) is 8.65. The van der Waals surface area contributed by atoms with Crippen LogP contribution >= 0.6 is 11.6 Å². The second kappa shape index (κ2) is 16.3. The van der Waals surface area contributed by atoms with Gasteiger partial charge in [0.15, 0.2) is 0 Å². The number of phenols is 1. The lowest BCUT2D eigenvalue weighted by atomic mass is 9.93. The number of nitrogens with zero attached hydrogens (tertiary/aromatic N) is 4. The van der Waals surface area contributed by atoms with Gasteiger partial charge in [-0.25, -0.2) is 19.2 Å². The molecule has 1 saturated heterocycles. The number of fused-ring (bicyclic) bond motifs is 1. The van der Waals surface area contributed by atoms with Crippen molar-refractivity contribution in [3.63, 3.8) is 0 Å². The number of methoxy groups -OCH3 is 2. The molecule has 13 heteroatoms. The molecular weight excluding hydrogens is 677 g/mol. The fourth-order valence-electron chi connectivity index (χ4n) is 6.24. The number of rotatable bonds is 13. The van der Waals surface area contributed by atoms with Crippen LogP contribution in [0.4, 0.5) is 4.39 Å². The Morgan fingerprint density at radius 2 is 1.84 bits per heavy atom. The van der Waals surface area contributed by atoms with E-state index in [1.165, 1.54) is 25.3 Å². The number of pyridine rings is 1. The largest absolute Gasteiger partial charge is 0.507 e. The van der Waals surface area contributed by atoms with Crippen molar-refractivity contribution in [3.8, 4) is 11.6 Å². The van der Waals surface area contributed by atoms with Gasteiger partial charge in [0, 0.05) is 54.0 Å². The maximum absolute atomic E-state index is 14.2. The maximum Gasteiger partial charge on any atom is 0.341 e. The molecule has 51 heavy (non-hydrogen) atoms. The number of hydrogen-bond donors (Lipinski definition) is 2. The van der Waals surface area contributed by atoms with E-state index in [-0.39, 0.29) is 36.3 Å². The first kappa shape index (κ1) is 35.8. The van der Waals surface area contributed by atoms with Crippen molar-refractivity contribution in [1.29, 1.82) is 0 Å². The zero-order valence-corrected chi connectivity index (χ0v) is 29.2. The summed E-state index contributed by atoms with van der Waals surface area (Å²) < 4.78 is 32.3. The normalized spacial score (nSPS) is 13.7. The number of amides is 1. The average molecular weight is 716 g/mol. The molecule has 2 N–H and O–H groups in total. The Morgan fingerprint density at radius 3 is 2.61 bits per heavy atom. The minimum Gasteiger partial charge on any atom is -0.507 e. The van der Waals surface area contributed by atoms with Gasteiger partial charge in [-0.05, 0) is 80.0 Å². The Labute approximate surface area is 299 Å². The van der Waals surface area contributed by atoms with Crippen LogP contribution in [0.1, 0.15) is 62.1 Å². The fraction of sp³-hybridized carbons (Fsp3) is 0.316. The fourth-order valence-corrected chi connectivity index (χ4v) is 6.40. The number of likely N-dealkylation sites (tertiary alicyclic amines) is 1. The lowest BCUT2D eigenvalue weighted by Crippen LogP contribution is -2.33. The topological polar surface area (TPSA) is 128 Å². The van der Waals surface area contributed by atoms with Crippen LogP contribution in [0, 0.1) is 5.82 Å². The Balaban J connectivity index is 1.09. The predicted octanol–water partition coefficient (Wildman–Crippen LogP) is 6.25. The van der Waals surface area contributed by atoms with Gasteiger partial charge in [-0.2, -0.15) is 0 Å². The number of imidazole rings is 1. The molecule has 0 bridgehead atoms. The van der Waals surface area contributed by atoms with Gasteiger partial charge in [0.2, 0.25) is 5.88 Å². The zero-order chi connectivity index (χ0) is 35.9. The first-order valence-corrected chi connectivity index (χ1v) is 17.0. The number of aromatic nitrogens is 3. The van der Waals surface area contributed by atoms with Crippen LogP contribution in [0.3, 0.4) is 0 Å². The molecule has 0 aliphatic carbocycles. The highest BCUT2D eigenvalue weighted by molar-refractivity contribution is 6.30. The molecule has 0 spiro atoms. The van der Waals surface area contributed by atoms with E-state index < -0.39 is 11.8 Å². The third-order valence-corrected chi connectivity index (χ3v) is 9.27. The minimum atomic E-state index is -0.658. The Kier molecular flexibility index (Phi) is 11.4. The molecule has 6 rings (SSSR count). The number of nitrogens with one attached hydrogen (secondary N) is 1. The van der Waals surface area contributed by atoms with Crippen LogP contribution in [0.2, 0.25) is 5.02 Å². The molecule has 3 aromatic carbocycles. The van der Waals surface area contributed by atoms with E-state index in [1.807, 2.05) is 18.2 Å². The van der Waals surface area contributed by atoms with Gasteiger partial charge in [-0.3, -0.25) is 9.69 Å². The number of ether oxygens (including phenoxy) is 3. The van der Waals surface area contributed by atoms with Crippen LogP contribution in [0.5, 0.6) is 11.6 Å². The van der Waals surface area contributed by atoms with Crippen molar-refractivity contribution in [3.05, 3.63) is 117 Å². The summed E-state index contributed by atoms with van der Waals surface area (Å²) in [7, 11) is 2.90. The van der Waals surface area contributed by atoms with E-state index in [0.717, 1.165) is 43.0 Å². The number of carbonyl (C=O) groups excluding carboxylic acids is 2. The van der Waals surface area contributed by atoms with Crippen LogP contribution in [0.25, 0.3) is 11.0 Å². The van der Waals surface area contributed by atoms with Crippen LogP contribution in [-0.2, 0) is 35.7 Å². The van der Waals surface area contributed by atoms with Gasteiger partial charge < -0.3 is 29.2 Å². The molecule has 0 radical (unpaired) electrons. The van der Waals surface area contributed by atoms with Gasteiger partial charge in [0.1, 0.15) is 29.6 Å². The lowest BCUT2D eigenvalue weighted by molar-refractivity contribution is 0.0597. The number of piperidine rings is 1. The summed E-state index contributed by atoms with van der Waals surface area (Å²) in [6.45, 7) is 3.68. The van der Waals surface area contributed by atoms with Crippen LogP contribution in [-0.4, -0.2) is 70.3 Å². The molecule has 1 fully saturated rings. The lowest BCUT2D eigenvalue weighted by Gasteiger charge is -2.31. The number of aromatic hydroxyl groups is 1. The van der Waals surface area contributed by atoms with Crippen molar-refractivity contribution >= 4 is 34.5 Å². The van der Waals surface area contributed by atoms with Gasteiger partial charge in [-0.15, -0.1) is 0 Å². The number of esters is 1. The summed E-state index contributed by atoms with van der Waals surface area (Å²) in [5, 5.41) is 13.2. The van der Waals surface area contributed by atoms with Crippen LogP contribution < -0.4 is 10.1 Å². The van der Waals surface area contributed by atoms with E-state index in [1.54, 1.807) is 43.5 Å². The van der Waals surface area contributed by atoms with E-state index in [2.05, 4.69) is 14.8 Å². The van der Waals surface area contributed by atoms with Gasteiger partial charge in [-0.1, -0.05) is 29.8 Å². The van der Waals surface area contributed by atoms with Gasteiger partial charge in [0.25, 0.3) is 5.91 Å². The summed E-state index contributed by atoms with van der Waals surface area (Å²) in [5.74, 6) is 0.0587. The molecule has 5 aromatic rings. The molecule has 0 atom stereocenters. The summed E-state index contributed by atoms with van der Waals surface area (Å²) in [6.07, 6.45) is 1.82. The van der Waals surface area contributed by atoms with Crippen molar-refractivity contribution in [2.75, 3.05) is 33.9 Å². The molecule has 0 saturated carbocycles. The molecule has 3 heterocycles. The van der Waals surface area contributed by atoms with Crippen molar-refractivity contribution in [2.45, 2.75) is 45.0 Å². The standard InChI is InChI=1S/C38H39ClFN5O6/c1-49-17-16-45-33-10-8-26(37(47)41-21-24-6-11-34(46)29(18-24)38(48)50-2)19-32(33)42-35(45)22-44-14-12-25(13-15-44)31-4-3-5-36(43-31)51-23-27-7-9-28(39)20-30(27)40/h3-11,18-20,25,46H,12-17,21-23H2,1-2H3,(H,41,47). The Morgan fingerprint density at radius 1 is 1.02 bits per heavy atom. The minimum absolute atomic E-state index is 0.0319. The molecule has 1 aliphatic heterocycles. The highest BCUT2D eigenvalue weighted by Gasteiger charge is 2.24. The monoisotopic (exact) mass is 715 g/mol. The number of carbonyl (C=O) groups is 2. The quantitative estimate of drug-likeness (QED) is 0.136. The number of hydrogen-bond acceptors (Lipinski definition) is 9. The first-order chi connectivity index (χ1) is 24.7. The highest BCUT2D eigenvalue weighted by atomic mass is 35.5. The Hall–Kier alpha value is -5.04. The van der Waals surface area contributed by atoms with Crippen molar-refractivity contribution in [1.82, 2.24) is 24.8 Å². The summed E-state index contributed by atoms with van der Waals surface area (Å²) in [5.41, 5.74) is 4.12. The Bertz CT molecular complexity index is 2030.